The number of rotatable bonds is 4. The number of carbonyl (C=O) groups excluding carboxylic acids is 2. The fourth-order valence-electron chi connectivity index (χ4n) is 2.31. The third-order valence-corrected chi connectivity index (χ3v) is 4.68. The fourth-order valence-corrected chi connectivity index (χ4v) is 2.69. The molecule has 0 spiro atoms. The Hall–Kier alpha value is -1.84. The molecular weight excluding hydrogens is 359 g/mol. The molecule has 0 bridgehead atoms. The minimum atomic E-state index is -0.928. The molecular formula is C20H20Cl2O3. The Kier molecular flexibility index (Phi) is 5.91. The molecule has 3 nitrogen and oxygen atoms in total. The van der Waals surface area contributed by atoms with Crippen LogP contribution in [0.4, 0.5) is 0 Å². The molecule has 0 aliphatic rings. The lowest BCUT2D eigenvalue weighted by molar-refractivity contribution is 0.0319. The predicted molar refractivity (Wildman–Crippen MR) is 101 cm³/mol. The monoisotopic (exact) mass is 378 g/mol. The average Bonchev–Trinajstić information content (AvgIpc) is 2.55. The lowest BCUT2D eigenvalue weighted by atomic mass is 9.86. The Morgan fingerprint density at radius 3 is 2.16 bits per heavy atom. The predicted octanol–water partition coefficient (Wildman–Crippen LogP) is 5.72. The van der Waals surface area contributed by atoms with Crippen LogP contribution >= 0.6 is 23.2 Å². The molecule has 0 heterocycles. The minimum absolute atomic E-state index is 0.00296. The average molecular weight is 379 g/mol. The van der Waals surface area contributed by atoms with E-state index in [-0.39, 0.29) is 26.8 Å². The molecule has 0 amide bonds. The first kappa shape index (κ1) is 19.5. The minimum Gasteiger partial charge on any atom is -0.451 e. The van der Waals surface area contributed by atoms with Gasteiger partial charge in [0.2, 0.25) is 5.78 Å². The smallest absolute Gasteiger partial charge is 0.340 e. The quantitative estimate of drug-likeness (QED) is 0.504. The molecule has 0 saturated carbocycles. The first-order valence-electron chi connectivity index (χ1n) is 7.91. The Bertz CT molecular complexity index is 790. The van der Waals surface area contributed by atoms with Crippen molar-refractivity contribution in [3.05, 3.63) is 69.2 Å². The third kappa shape index (κ3) is 4.62. The Labute approximate surface area is 157 Å². The van der Waals surface area contributed by atoms with Crippen LogP contribution in [0.2, 0.25) is 10.0 Å². The number of ketones is 1. The van der Waals surface area contributed by atoms with Crippen molar-refractivity contribution in [1.29, 1.82) is 0 Å². The van der Waals surface area contributed by atoms with Crippen LogP contribution in [0, 0.1) is 0 Å². The Balaban J connectivity index is 2.12. The van der Waals surface area contributed by atoms with E-state index < -0.39 is 12.1 Å². The maximum absolute atomic E-state index is 12.5. The molecule has 2 aromatic rings. The number of benzene rings is 2. The lowest BCUT2D eigenvalue weighted by Crippen LogP contribution is -2.24. The molecule has 132 valence electrons. The van der Waals surface area contributed by atoms with Crippen molar-refractivity contribution in [2.24, 2.45) is 0 Å². The van der Waals surface area contributed by atoms with Gasteiger partial charge in [0.05, 0.1) is 15.6 Å². The summed E-state index contributed by atoms with van der Waals surface area (Å²) >= 11 is 11.9. The number of halogens is 2. The number of hydrogen-bond acceptors (Lipinski definition) is 3. The van der Waals surface area contributed by atoms with Crippen molar-refractivity contribution in [3.63, 3.8) is 0 Å². The zero-order chi connectivity index (χ0) is 18.8. The van der Waals surface area contributed by atoms with E-state index in [0.29, 0.717) is 5.56 Å². The van der Waals surface area contributed by atoms with Gasteiger partial charge in [-0.2, -0.15) is 0 Å². The van der Waals surface area contributed by atoms with E-state index in [0.717, 1.165) is 5.56 Å². The largest absolute Gasteiger partial charge is 0.451 e. The second kappa shape index (κ2) is 7.59. The molecule has 0 aromatic heterocycles. The van der Waals surface area contributed by atoms with Crippen molar-refractivity contribution in [3.8, 4) is 0 Å². The van der Waals surface area contributed by atoms with Crippen molar-refractivity contribution in [1.82, 2.24) is 0 Å². The van der Waals surface area contributed by atoms with E-state index in [2.05, 4.69) is 20.8 Å². The second-order valence-corrected chi connectivity index (χ2v) is 7.63. The van der Waals surface area contributed by atoms with Gasteiger partial charge in [-0.05, 0) is 30.0 Å². The summed E-state index contributed by atoms with van der Waals surface area (Å²) in [6.45, 7) is 7.84. The molecule has 25 heavy (non-hydrogen) atoms. The van der Waals surface area contributed by atoms with E-state index in [1.54, 1.807) is 24.3 Å². The molecule has 2 aromatic carbocycles. The SMILES string of the molecule is C[C@H](OC(=O)c1cccc(Cl)c1Cl)C(=O)c1ccc(C(C)(C)C)cc1. The van der Waals surface area contributed by atoms with E-state index in [4.69, 9.17) is 27.9 Å². The van der Waals surface area contributed by atoms with Crippen LogP contribution in [-0.4, -0.2) is 17.9 Å². The van der Waals surface area contributed by atoms with Gasteiger partial charge in [0.25, 0.3) is 0 Å². The van der Waals surface area contributed by atoms with Gasteiger partial charge in [-0.1, -0.05) is 74.3 Å². The maximum Gasteiger partial charge on any atom is 0.340 e. The molecule has 2 rings (SSSR count). The summed E-state index contributed by atoms with van der Waals surface area (Å²) in [5.41, 5.74) is 1.75. The van der Waals surface area contributed by atoms with E-state index in [9.17, 15) is 9.59 Å². The standard InChI is InChI=1S/C20H20Cl2O3/c1-12(25-19(24)15-6-5-7-16(21)17(15)22)18(23)13-8-10-14(11-9-13)20(2,3)4/h5-12H,1-4H3/t12-/m0/s1. The van der Waals surface area contributed by atoms with Gasteiger partial charge >= 0.3 is 5.97 Å². The second-order valence-electron chi connectivity index (χ2n) is 6.84. The molecule has 5 heteroatoms. The summed E-state index contributed by atoms with van der Waals surface area (Å²) in [7, 11) is 0. The summed E-state index contributed by atoms with van der Waals surface area (Å²) in [5.74, 6) is -0.952. The summed E-state index contributed by atoms with van der Waals surface area (Å²) in [4.78, 5) is 24.7. The van der Waals surface area contributed by atoms with Gasteiger partial charge in [-0.3, -0.25) is 4.79 Å². The van der Waals surface area contributed by atoms with Gasteiger partial charge < -0.3 is 4.74 Å². The van der Waals surface area contributed by atoms with Crippen molar-refractivity contribution in [2.75, 3.05) is 0 Å². The number of carbonyl (C=O) groups is 2. The molecule has 0 radical (unpaired) electrons. The van der Waals surface area contributed by atoms with Gasteiger partial charge in [-0.25, -0.2) is 4.79 Å². The topological polar surface area (TPSA) is 43.4 Å². The van der Waals surface area contributed by atoms with Crippen LogP contribution < -0.4 is 0 Å². The van der Waals surface area contributed by atoms with Crippen molar-refractivity contribution in [2.45, 2.75) is 39.2 Å². The van der Waals surface area contributed by atoms with Gasteiger partial charge in [0.15, 0.2) is 6.10 Å². The van der Waals surface area contributed by atoms with Gasteiger partial charge in [0, 0.05) is 5.56 Å². The first-order valence-corrected chi connectivity index (χ1v) is 8.66. The summed E-state index contributed by atoms with van der Waals surface area (Å²) < 4.78 is 5.25. The summed E-state index contributed by atoms with van der Waals surface area (Å²) in [5, 5.41) is 0.371. The fraction of sp³-hybridized carbons (Fsp3) is 0.300. The van der Waals surface area contributed by atoms with Crippen molar-refractivity contribution < 1.29 is 14.3 Å². The highest BCUT2D eigenvalue weighted by Gasteiger charge is 2.23. The van der Waals surface area contributed by atoms with Crippen LogP contribution in [-0.2, 0) is 10.2 Å². The molecule has 1 atom stereocenters. The number of Topliss-reactive ketones (excluding diaryl/α,β-unsaturated/α-hetero) is 1. The van der Waals surface area contributed by atoms with E-state index >= 15 is 0 Å². The van der Waals surface area contributed by atoms with Crippen molar-refractivity contribution >= 4 is 35.0 Å². The number of hydrogen-bond donors (Lipinski definition) is 0. The molecule has 0 aliphatic carbocycles. The van der Waals surface area contributed by atoms with Crippen LogP contribution in [0.25, 0.3) is 0 Å². The molecule has 0 N–H and O–H groups in total. The zero-order valence-electron chi connectivity index (χ0n) is 14.6. The summed E-state index contributed by atoms with van der Waals surface area (Å²) in [6.07, 6.45) is -0.928. The van der Waals surface area contributed by atoms with Crippen LogP contribution in [0.3, 0.4) is 0 Å². The van der Waals surface area contributed by atoms with Crippen LogP contribution in [0.5, 0.6) is 0 Å². The number of esters is 1. The van der Waals surface area contributed by atoms with Gasteiger partial charge in [0.1, 0.15) is 0 Å². The normalized spacial score (nSPS) is 12.6. The zero-order valence-corrected chi connectivity index (χ0v) is 16.1. The molecule has 0 aliphatic heterocycles. The lowest BCUT2D eigenvalue weighted by Gasteiger charge is -2.19. The van der Waals surface area contributed by atoms with Crippen LogP contribution in [0.1, 0.15) is 54.0 Å². The molecule has 0 fully saturated rings. The van der Waals surface area contributed by atoms with E-state index in [1.807, 2.05) is 12.1 Å². The highest BCUT2D eigenvalue weighted by atomic mass is 35.5. The van der Waals surface area contributed by atoms with Gasteiger partial charge in [-0.15, -0.1) is 0 Å². The molecule has 0 unspecified atom stereocenters. The maximum atomic E-state index is 12.5. The Morgan fingerprint density at radius 2 is 1.60 bits per heavy atom. The molecule has 0 saturated heterocycles. The number of ether oxygens (including phenoxy) is 1. The highest BCUT2D eigenvalue weighted by molar-refractivity contribution is 6.43. The summed E-state index contributed by atoms with van der Waals surface area (Å²) in [6, 6.07) is 12.0. The third-order valence-electron chi connectivity index (χ3n) is 3.86. The first-order chi connectivity index (χ1) is 11.6. The Morgan fingerprint density at radius 1 is 1.00 bits per heavy atom. The van der Waals surface area contributed by atoms with Crippen LogP contribution in [0.15, 0.2) is 42.5 Å². The highest BCUT2D eigenvalue weighted by Crippen LogP contribution is 2.27. The van der Waals surface area contributed by atoms with E-state index in [1.165, 1.54) is 13.0 Å².